The summed E-state index contributed by atoms with van der Waals surface area (Å²) < 4.78 is 34.0. The maximum atomic E-state index is 14.2. The lowest BCUT2D eigenvalue weighted by atomic mass is 10.0. The van der Waals surface area contributed by atoms with Crippen LogP contribution in [0.2, 0.25) is 0 Å². The van der Waals surface area contributed by atoms with E-state index in [1.807, 2.05) is 42.5 Å². The van der Waals surface area contributed by atoms with Crippen LogP contribution in [0.4, 0.5) is 14.5 Å². The third-order valence-electron chi connectivity index (χ3n) is 6.55. The number of halogens is 2. The van der Waals surface area contributed by atoms with Crippen molar-refractivity contribution in [1.82, 2.24) is 4.98 Å². The van der Waals surface area contributed by atoms with Crippen molar-refractivity contribution < 1.29 is 13.5 Å². The minimum absolute atomic E-state index is 0.114. The summed E-state index contributed by atoms with van der Waals surface area (Å²) in [6.07, 6.45) is 2.17. The first kappa shape index (κ1) is 22.3. The number of ether oxygens (including phenoxy) is 1. The Hall–Kier alpha value is -3.51. The van der Waals surface area contributed by atoms with Crippen LogP contribution in [0.25, 0.3) is 22.2 Å². The number of pyridine rings is 1. The van der Waals surface area contributed by atoms with Crippen LogP contribution in [0.3, 0.4) is 0 Å². The Labute approximate surface area is 196 Å². The third kappa shape index (κ3) is 4.46. The fourth-order valence-electron chi connectivity index (χ4n) is 4.63. The number of nitrogens with one attached hydrogen (secondary N) is 1. The molecule has 1 N–H and O–H groups in total. The van der Waals surface area contributed by atoms with Crippen molar-refractivity contribution in [1.29, 1.82) is 0 Å². The van der Waals surface area contributed by atoms with Crippen molar-refractivity contribution in [2.45, 2.75) is 32.5 Å². The van der Waals surface area contributed by atoms with Crippen LogP contribution in [0.15, 0.2) is 71.5 Å². The Morgan fingerprint density at radius 1 is 1.00 bits per heavy atom. The molecule has 0 bridgehead atoms. The monoisotopic (exact) mass is 460 g/mol. The molecule has 4 nitrogen and oxygen atoms in total. The van der Waals surface area contributed by atoms with Crippen LogP contribution < -0.4 is 10.3 Å². The topological polar surface area (TPSA) is 45.3 Å². The van der Waals surface area contributed by atoms with Crippen molar-refractivity contribution in [3.05, 3.63) is 99.7 Å². The summed E-state index contributed by atoms with van der Waals surface area (Å²) in [5, 5.41) is -0.114. The number of aromatic amines is 1. The van der Waals surface area contributed by atoms with Crippen LogP contribution >= 0.6 is 0 Å². The van der Waals surface area contributed by atoms with Gasteiger partial charge < -0.3 is 14.6 Å². The molecule has 174 valence electrons. The molecule has 0 aliphatic carbocycles. The fraction of sp³-hybridized carbons (Fsp3) is 0.250. The van der Waals surface area contributed by atoms with E-state index in [0.29, 0.717) is 17.9 Å². The van der Waals surface area contributed by atoms with Gasteiger partial charge in [-0.3, -0.25) is 4.79 Å². The smallest absolute Gasteiger partial charge is 0.195 e. The summed E-state index contributed by atoms with van der Waals surface area (Å²) >= 11 is 0. The Morgan fingerprint density at radius 2 is 1.71 bits per heavy atom. The summed E-state index contributed by atoms with van der Waals surface area (Å²) in [4.78, 5) is 18.1. The highest BCUT2D eigenvalue weighted by atomic mass is 19.1. The van der Waals surface area contributed by atoms with Gasteiger partial charge in [-0.15, -0.1) is 0 Å². The van der Waals surface area contributed by atoms with Gasteiger partial charge in [0.05, 0.1) is 29.3 Å². The van der Waals surface area contributed by atoms with Crippen LogP contribution in [-0.4, -0.2) is 24.2 Å². The van der Waals surface area contributed by atoms with Crippen LogP contribution in [0, 0.1) is 18.6 Å². The number of fused-ring (bicyclic) bond motifs is 1. The van der Waals surface area contributed by atoms with E-state index in [0.717, 1.165) is 49.3 Å². The van der Waals surface area contributed by atoms with Crippen molar-refractivity contribution in [2.75, 3.05) is 18.0 Å². The van der Waals surface area contributed by atoms with Crippen LogP contribution in [0.1, 0.15) is 24.0 Å². The molecule has 2 heterocycles. The Balaban J connectivity index is 1.29. The lowest BCUT2D eigenvalue weighted by Gasteiger charge is -2.33. The van der Waals surface area contributed by atoms with Gasteiger partial charge in [0.2, 0.25) is 0 Å². The number of benzene rings is 3. The number of hydrogen-bond acceptors (Lipinski definition) is 3. The van der Waals surface area contributed by atoms with E-state index in [9.17, 15) is 13.6 Å². The first-order valence-electron chi connectivity index (χ1n) is 11.5. The molecule has 4 aromatic rings. The molecular weight excluding hydrogens is 434 g/mol. The number of H-pyrrole nitrogens is 1. The molecule has 1 aliphatic heterocycles. The molecule has 1 aliphatic rings. The van der Waals surface area contributed by atoms with Gasteiger partial charge in [0.25, 0.3) is 0 Å². The highest BCUT2D eigenvalue weighted by molar-refractivity contribution is 5.84. The molecule has 34 heavy (non-hydrogen) atoms. The normalized spacial score (nSPS) is 14.6. The summed E-state index contributed by atoms with van der Waals surface area (Å²) in [6.45, 7) is 4.11. The van der Waals surface area contributed by atoms with E-state index in [-0.39, 0.29) is 17.0 Å². The largest absolute Gasteiger partial charge is 0.373 e. The maximum absolute atomic E-state index is 14.2. The highest BCUT2D eigenvalue weighted by Crippen LogP contribution is 2.28. The molecule has 5 rings (SSSR count). The van der Waals surface area contributed by atoms with E-state index in [1.54, 1.807) is 6.92 Å². The second kappa shape index (κ2) is 9.39. The molecule has 0 amide bonds. The summed E-state index contributed by atoms with van der Waals surface area (Å²) in [5.74, 6) is -1.57. The minimum Gasteiger partial charge on any atom is -0.373 e. The van der Waals surface area contributed by atoms with Crippen molar-refractivity contribution in [3.8, 4) is 11.3 Å². The number of piperidine rings is 1. The van der Waals surface area contributed by atoms with Crippen molar-refractivity contribution in [2.24, 2.45) is 0 Å². The average molecular weight is 461 g/mol. The lowest BCUT2D eigenvalue weighted by Crippen LogP contribution is -2.36. The number of hydrogen-bond donors (Lipinski definition) is 1. The molecule has 1 saturated heterocycles. The zero-order chi connectivity index (χ0) is 23.7. The van der Waals surface area contributed by atoms with Gasteiger partial charge in [0, 0.05) is 30.4 Å². The summed E-state index contributed by atoms with van der Waals surface area (Å²) in [7, 11) is 0. The van der Waals surface area contributed by atoms with E-state index in [1.165, 1.54) is 5.56 Å². The maximum Gasteiger partial charge on any atom is 0.195 e. The minimum atomic E-state index is -0.850. The van der Waals surface area contributed by atoms with Crippen molar-refractivity contribution in [3.63, 3.8) is 0 Å². The molecular formula is C28H26F2N2O2. The highest BCUT2D eigenvalue weighted by Gasteiger charge is 2.20. The van der Waals surface area contributed by atoms with Crippen LogP contribution in [-0.2, 0) is 11.3 Å². The van der Waals surface area contributed by atoms with Gasteiger partial charge in [-0.05, 0) is 49.1 Å². The van der Waals surface area contributed by atoms with E-state index in [2.05, 4.69) is 22.0 Å². The molecule has 1 aromatic heterocycles. The van der Waals surface area contributed by atoms with E-state index < -0.39 is 17.1 Å². The molecule has 0 atom stereocenters. The quantitative estimate of drug-likeness (QED) is 0.399. The van der Waals surface area contributed by atoms with Crippen LogP contribution in [0.5, 0.6) is 0 Å². The predicted octanol–water partition coefficient (Wildman–Crippen LogP) is 5.97. The third-order valence-corrected chi connectivity index (χ3v) is 6.55. The SMILES string of the molecule is Cc1c(-c2ccc(N3CCC(OCc4ccccc4)CC3)cc2)[nH]c2cc(F)cc(F)c2c1=O. The standard InChI is InChI=1S/C28H26F2N2O2/c1-18-27(31-25-16-21(29)15-24(30)26(25)28(18)33)20-7-9-22(10-8-20)32-13-11-23(12-14-32)34-17-19-5-3-2-4-6-19/h2-10,15-16,23H,11-14,17H2,1H3,(H,31,33). The molecule has 0 radical (unpaired) electrons. The van der Waals surface area contributed by atoms with Gasteiger partial charge in [0.1, 0.15) is 11.6 Å². The second-order valence-corrected chi connectivity index (χ2v) is 8.79. The van der Waals surface area contributed by atoms with Gasteiger partial charge in [0.15, 0.2) is 5.43 Å². The second-order valence-electron chi connectivity index (χ2n) is 8.79. The van der Waals surface area contributed by atoms with E-state index in [4.69, 9.17) is 4.74 Å². The van der Waals surface area contributed by atoms with Crippen molar-refractivity contribution >= 4 is 16.6 Å². The molecule has 0 unspecified atom stereocenters. The van der Waals surface area contributed by atoms with Gasteiger partial charge in [-0.2, -0.15) is 0 Å². The molecule has 0 spiro atoms. The Morgan fingerprint density at radius 3 is 2.41 bits per heavy atom. The number of nitrogens with zero attached hydrogens (tertiary/aromatic N) is 1. The van der Waals surface area contributed by atoms with Gasteiger partial charge in [-0.25, -0.2) is 8.78 Å². The average Bonchev–Trinajstić information content (AvgIpc) is 2.85. The number of rotatable bonds is 5. The first-order chi connectivity index (χ1) is 16.5. The van der Waals surface area contributed by atoms with E-state index >= 15 is 0 Å². The zero-order valence-electron chi connectivity index (χ0n) is 19.0. The summed E-state index contributed by atoms with van der Waals surface area (Å²) in [6, 6.07) is 20.0. The number of anilines is 1. The first-order valence-corrected chi connectivity index (χ1v) is 11.5. The fourth-order valence-corrected chi connectivity index (χ4v) is 4.63. The number of aromatic nitrogens is 1. The van der Waals surface area contributed by atoms with Gasteiger partial charge >= 0.3 is 0 Å². The molecule has 3 aromatic carbocycles. The lowest BCUT2D eigenvalue weighted by molar-refractivity contribution is 0.0251. The molecule has 0 saturated carbocycles. The predicted molar refractivity (Wildman–Crippen MR) is 131 cm³/mol. The Bertz CT molecular complexity index is 1360. The van der Waals surface area contributed by atoms with Gasteiger partial charge in [-0.1, -0.05) is 42.5 Å². The zero-order valence-corrected chi connectivity index (χ0v) is 19.0. The Kier molecular flexibility index (Phi) is 6.16. The molecule has 6 heteroatoms. The summed E-state index contributed by atoms with van der Waals surface area (Å²) in [5.41, 5.74) is 3.79. The molecule has 1 fully saturated rings.